The Kier molecular flexibility index (Phi) is 17.2. The first-order valence-corrected chi connectivity index (χ1v) is 12.5. The topological polar surface area (TPSA) is 205 Å². The van der Waals surface area contributed by atoms with Gasteiger partial charge in [0.15, 0.2) is 23.7 Å². The maximum absolute atomic E-state index is 10.0. The van der Waals surface area contributed by atoms with Crippen molar-refractivity contribution in [3.63, 3.8) is 0 Å². The Morgan fingerprint density at radius 1 is 0.795 bits per heavy atom. The highest BCUT2D eigenvalue weighted by Crippen LogP contribution is 2.24. The van der Waals surface area contributed by atoms with E-state index in [9.17, 15) is 29.7 Å². The van der Waals surface area contributed by atoms with Gasteiger partial charge >= 0.3 is 11.9 Å². The van der Waals surface area contributed by atoms with Gasteiger partial charge in [-0.2, -0.15) is 0 Å². The fraction of sp³-hybridized carbons (Fsp3) is 0.444. The molecule has 8 N–H and O–H groups in total. The van der Waals surface area contributed by atoms with Gasteiger partial charge in [0.25, 0.3) is 0 Å². The maximum Gasteiger partial charge on any atom is 0.335 e. The summed E-state index contributed by atoms with van der Waals surface area (Å²) >= 11 is 5.03. The number of nitrogens with one attached hydrogen (secondary N) is 1. The van der Waals surface area contributed by atoms with Crippen LogP contribution in [-0.2, 0) is 27.2 Å². The van der Waals surface area contributed by atoms with E-state index in [1.807, 2.05) is 32.0 Å². The molecule has 12 heteroatoms. The third-order valence-electron chi connectivity index (χ3n) is 5.12. The van der Waals surface area contributed by atoms with E-state index >= 15 is 0 Å². The Balaban J connectivity index is 0.000000703. The summed E-state index contributed by atoms with van der Waals surface area (Å²) in [4.78, 5) is 29.6. The number of halogens is 1. The number of rotatable bonds is 12. The number of carbonyl (C=O) groups excluding carboxylic acids is 1. The molecule has 0 saturated heterocycles. The number of aliphatic hydroxyl groups excluding tert-OH is 2. The second-order valence-corrected chi connectivity index (χ2v) is 9.57. The Morgan fingerprint density at radius 3 is 1.72 bits per heavy atom. The highest BCUT2D eigenvalue weighted by molar-refractivity contribution is 6.63. The van der Waals surface area contributed by atoms with Gasteiger partial charge in [-0.05, 0) is 85.6 Å². The molecular weight excluding hydrogens is 534 g/mol. The van der Waals surface area contributed by atoms with Crippen LogP contribution in [0.15, 0.2) is 42.5 Å². The molecule has 218 valence electrons. The van der Waals surface area contributed by atoms with Crippen molar-refractivity contribution in [3.8, 4) is 17.2 Å². The minimum Gasteiger partial charge on any atom is -0.508 e. The van der Waals surface area contributed by atoms with Gasteiger partial charge in [0, 0.05) is 12.5 Å². The molecule has 0 spiro atoms. The molecule has 0 aromatic heterocycles. The number of aliphatic carboxylic acids is 2. The van der Waals surface area contributed by atoms with Crippen LogP contribution < -0.4 is 5.32 Å². The SMILES string of the molecule is CC(C)CC(=O)Cl.CC(CCc1ccc(O)cc1)NCCc1ccc(O)c(O)c1.O=C(O)C(O)C(O)C(=O)O. The summed E-state index contributed by atoms with van der Waals surface area (Å²) < 4.78 is 0. The number of phenols is 3. The van der Waals surface area contributed by atoms with Crippen molar-refractivity contribution in [2.75, 3.05) is 6.54 Å². The largest absolute Gasteiger partial charge is 0.508 e. The molecule has 2 rings (SSSR count). The minimum atomic E-state index is -2.27. The average Bonchev–Trinajstić information content (AvgIpc) is 2.84. The van der Waals surface area contributed by atoms with Crippen LogP contribution in [0.3, 0.4) is 0 Å². The highest BCUT2D eigenvalue weighted by atomic mass is 35.5. The summed E-state index contributed by atoms with van der Waals surface area (Å²) in [6.07, 6.45) is -1.26. The number of aromatic hydroxyl groups is 3. The smallest absolute Gasteiger partial charge is 0.335 e. The van der Waals surface area contributed by atoms with Gasteiger partial charge in [-0.3, -0.25) is 4.79 Å². The fourth-order valence-corrected chi connectivity index (χ4v) is 3.23. The fourth-order valence-electron chi connectivity index (χ4n) is 2.93. The van der Waals surface area contributed by atoms with Crippen molar-refractivity contribution in [2.24, 2.45) is 5.92 Å². The van der Waals surface area contributed by atoms with Crippen LogP contribution in [0.4, 0.5) is 0 Å². The van der Waals surface area contributed by atoms with Crippen molar-refractivity contribution in [3.05, 3.63) is 53.6 Å². The van der Waals surface area contributed by atoms with Crippen LogP contribution >= 0.6 is 11.6 Å². The zero-order valence-electron chi connectivity index (χ0n) is 22.1. The third kappa shape index (κ3) is 16.9. The van der Waals surface area contributed by atoms with Crippen LogP contribution in [0.25, 0.3) is 0 Å². The Bertz CT molecular complexity index is 1010. The Morgan fingerprint density at radius 2 is 1.31 bits per heavy atom. The van der Waals surface area contributed by atoms with Crippen molar-refractivity contribution < 1.29 is 50.1 Å². The number of hydrogen-bond donors (Lipinski definition) is 8. The van der Waals surface area contributed by atoms with Crippen LogP contribution in [-0.4, -0.2) is 77.7 Å². The van der Waals surface area contributed by atoms with Crippen LogP contribution in [0, 0.1) is 5.92 Å². The van der Waals surface area contributed by atoms with E-state index in [4.69, 9.17) is 32.0 Å². The van der Waals surface area contributed by atoms with Crippen molar-refractivity contribution in [1.29, 1.82) is 0 Å². The number of aryl methyl sites for hydroxylation is 1. The van der Waals surface area contributed by atoms with E-state index in [1.54, 1.807) is 18.2 Å². The van der Waals surface area contributed by atoms with E-state index < -0.39 is 24.1 Å². The number of aliphatic hydroxyl groups is 2. The number of carboxylic acids is 2. The standard InChI is InChI=1S/C18H23NO3.C5H9ClO.C4H6O6/c1-13(2-3-14-4-7-16(20)8-5-14)19-11-10-15-6-9-17(21)18(22)12-15;1-4(2)3-5(6)7;5-1(3(7)8)2(6)4(9)10/h4-9,12-13,19-22H,2-3,10-11H2,1H3;4H,3H2,1-2H3;1-2,5-6H,(H,7,8)(H,9,10). The van der Waals surface area contributed by atoms with E-state index in [-0.39, 0.29) is 16.7 Å². The van der Waals surface area contributed by atoms with Crippen molar-refractivity contribution >= 4 is 28.8 Å². The molecule has 3 atom stereocenters. The average molecular weight is 572 g/mol. The summed E-state index contributed by atoms with van der Waals surface area (Å²) in [5.41, 5.74) is 2.21. The Hall–Kier alpha value is -3.38. The normalized spacial score (nSPS) is 12.7. The number of benzene rings is 2. The Labute approximate surface area is 232 Å². The second-order valence-electron chi connectivity index (χ2n) is 9.15. The van der Waals surface area contributed by atoms with Gasteiger partial charge in [0.1, 0.15) is 5.75 Å². The van der Waals surface area contributed by atoms with Gasteiger partial charge in [-0.15, -0.1) is 0 Å². The first-order chi connectivity index (χ1) is 18.1. The lowest BCUT2D eigenvalue weighted by atomic mass is 10.1. The van der Waals surface area contributed by atoms with Gasteiger partial charge < -0.3 is 41.1 Å². The van der Waals surface area contributed by atoms with Gasteiger partial charge in [0.2, 0.25) is 5.24 Å². The summed E-state index contributed by atoms with van der Waals surface area (Å²) in [6.45, 7) is 6.89. The maximum atomic E-state index is 10.0. The van der Waals surface area contributed by atoms with Crippen LogP contribution in [0.1, 0.15) is 44.7 Å². The molecule has 0 aliphatic heterocycles. The lowest BCUT2D eigenvalue weighted by Gasteiger charge is -2.14. The number of phenolic OH excluding ortho intramolecular Hbond substituents is 3. The molecule has 0 radical (unpaired) electrons. The molecular formula is C27H38ClNO10. The van der Waals surface area contributed by atoms with E-state index in [1.165, 1.54) is 11.6 Å². The molecule has 0 saturated carbocycles. The van der Waals surface area contributed by atoms with Gasteiger partial charge in [-0.1, -0.05) is 32.0 Å². The molecule has 0 heterocycles. The quantitative estimate of drug-likeness (QED) is 0.137. The van der Waals surface area contributed by atoms with Crippen molar-refractivity contribution in [2.45, 2.75) is 64.7 Å². The molecule has 0 aliphatic rings. The van der Waals surface area contributed by atoms with Gasteiger partial charge in [0.05, 0.1) is 0 Å². The summed E-state index contributed by atoms with van der Waals surface area (Å²) in [5.74, 6) is -3.00. The summed E-state index contributed by atoms with van der Waals surface area (Å²) in [6, 6.07) is 12.6. The van der Waals surface area contributed by atoms with E-state index in [2.05, 4.69) is 12.2 Å². The van der Waals surface area contributed by atoms with E-state index in [0.717, 1.165) is 31.4 Å². The predicted octanol–water partition coefficient (Wildman–Crippen LogP) is 2.63. The zero-order chi connectivity index (χ0) is 30.1. The number of carboxylic acid groups (broad SMARTS) is 2. The van der Waals surface area contributed by atoms with Crippen LogP contribution in [0.5, 0.6) is 17.2 Å². The molecule has 0 amide bonds. The molecule has 2 aromatic rings. The van der Waals surface area contributed by atoms with E-state index in [0.29, 0.717) is 24.1 Å². The molecule has 2 aromatic carbocycles. The minimum absolute atomic E-state index is 0.0714. The molecule has 3 unspecified atom stereocenters. The summed E-state index contributed by atoms with van der Waals surface area (Å²) in [5, 5.41) is 63.7. The lowest BCUT2D eigenvalue weighted by molar-refractivity contribution is -0.165. The number of hydrogen-bond acceptors (Lipinski definition) is 9. The monoisotopic (exact) mass is 571 g/mol. The molecule has 39 heavy (non-hydrogen) atoms. The first-order valence-electron chi connectivity index (χ1n) is 12.2. The second kappa shape index (κ2) is 18.8. The highest BCUT2D eigenvalue weighted by Gasteiger charge is 2.29. The molecule has 0 fully saturated rings. The van der Waals surface area contributed by atoms with Crippen molar-refractivity contribution in [1.82, 2.24) is 5.32 Å². The molecule has 0 bridgehead atoms. The van der Waals surface area contributed by atoms with Gasteiger partial charge in [-0.25, -0.2) is 9.59 Å². The van der Waals surface area contributed by atoms with Crippen LogP contribution in [0.2, 0.25) is 0 Å². The molecule has 0 aliphatic carbocycles. The molecule has 11 nitrogen and oxygen atoms in total. The first kappa shape index (κ1) is 35.6. The predicted molar refractivity (Wildman–Crippen MR) is 145 cm³/mol. The third-order valence-corrected chi connectivity index (χ3v) is 5.28. The zero-order valence-corrected chi connectivity index (χ0v) is 22.9. The number of carbonyl (C=O) groups is 3. The summed E-state index contributed by atoms with van der Waals surface area (Å²) in [7, 11) is 0. The lowest BCUT2D eigenvalue weighted by Crippen LogP contribution is -2.39.